The minimum Gasteiger partial charge on any atom is -0.462 e. The van der Waals surface area contributed by atoms with Gasteiger partial charge in [0.05, 0.1) is 12.3 Å². The number of benzene rings is 1. The molecule has 2 aromatic rings. The van der Waals surface area contributed by atoms with Crippen LogP contribution >= 0.6 is 0 Å². The SMILES string of the molecule is CCOC(=O)c1cn(C)nc1Cc1ccccc1. The van der Waals surface area contributed by atoms with Crippen LogP contribution in [0.5, 0.6) is 0 Å². The number of aromatic nitrogens is 2. The lowest BCUT2D eigenvalue weighted by atomic mass is 10.1. The van der Waals surface area contributed by atoms with Gasteiger partial charge in [0, 0.05) is 19.7 Å². The van der Waals surface area contributed by atoms with E-state index in [9.17, 15) is 4.79 Å². The van der Waals surface area contributed by atoms with Gasteiger partial charge < -0.3 is 4.74 Å². The summed E-state index contributed by atoms with van der Waals surface area (Å²) < 4.78 is 6.67. The highest BCUT2D eigenvalue weighted by molar-refractivity contribution is 5.90. The lowest BCUT2D eigenvalue weighted by molar-refractivity contribution is 0.0525. The van der Waals surface area contributed by atoms with Crippen molar-refractivity contribution in [1.82, 2.24) is 9.78 Å². The molecule has 2 rings (SSSR count). The Hall–Kier alpha value is -2.10. The number of carbonyl (C=O) groups excluding carboxylic acids is 1. The number of nitrogens with zero attached hydrogens (tertiary/aromatic N) is 2. The van der Waals surface area contributed by atoms with Gasteiger partial charge in [-0.2, -0.15) is 5.10 Å². The standard InChI is InChI=1S/C14H16N2O2/c1-3-18-14(17)12-10-16(2)15-13(12)9-11-7-5-4-6-8-11/h4-8,10H,3,9H2,1-2H3. The summed E-state index contributed by atoms with van der Waals surface area (Å²) in [6, 6.07) is 9.95. The first-order chi connectivity index (χ1) is 8.70. The summed E-state index contributed by atoms with van der Waals surface area (Å²) in [6.07, 6.45) is 2.34. The Labute approximate surface area is 106 Å². The predicted octanol–water partition coefficient (Wildman–Crippen LogP) is 2.19. The molecule has 1 heterocycles. The van der Waals surface area contributed by atoms with Crippen molar-refractivity contribution >= 4 is 5.97 Å². The largest absolute Gasteiger partial charge is 0.462 e. The molecule has 0 bridgehead atoms. The van der Waals surface area contributed by atoms with Gasteiger partial charge in [-0.25, -0.2) is 4.79 Å². The lowest BCUT2D eigenvalue weighted by Gasteiger charge is -2.02. The number of esters is 1. The molecule has 0 aliphatic rings. The molecular formula is C14H16N2O2. The molecule has 0 aliphatic heterocycles. The third-order valence-corrected chi connectivity index (χ3v) is 2.62. The molecule has 0 atom stereocenters. The molecule has 1 aromatic carbocycles. The number of carbonyl (C=O) groups is 1. The van der Waals surface area contributed by atoms with E-state index >= 15 is 0 Å². The van der Waals surface area contributed by atoms with E-state index in [-0.39, 0.29) is 5.97 Å². The van der Waals surface area contributed by atoms with Crippen LogP contribution in [0.3, 0.4) is 0 Å². The molecule has 0 saturated carbocycles. The summed E-state index contributed by atoms with van der Waals surface area (Å²) in [5, 5.41) is 4.33. The lowest BCUT2D eigenvalue weighted by Crippen LogP contribution is -2.06. The zero-order valence-electron chi connectivity index (χ0n) is 10.6. The van der Waals surface area contributed by atoms with Crippen LogP contribution in [-0.2, 0) is 18.2 Å². The van der Waals surface area contributed by atoms with Crippen molar-refractivity contribution in [2.24, 2.45) is 7.05 Å². The molecule has 4 nitrogen and oxygen atoms in total. The van der Waals surface area contributed by atoms with Crippen LogP contribution < -0.4 is 0 Å². The second kappa shape index (κ2) is 5.49. The Kier molecular flexibility index (Phi) is 3.77. The Morgan fingerprint density at radius 3 is 2.72 bits per heavy atom. The van der Waals surface area contributed by atoms with Gasteiger partial charge in [-0.05, 0) is 12.5 Å². The van der Waals surface area contributed by atoms with Crippen LogP contribution in [-0.4, -0.2) is 22.4 Å². The molecular weight excluding hydrogens is 228 g/mol. The molecule has 0 spiro atoms. The number of aryl methyl sites for hydroxylation is 1. The summed E-state index contributed by atoms with van der Waals surface area (Å²) in [5.41, 5.74) is 2.42. The Bertz CT molecular complexity index is 532. The quantitative estimate of drug-likeness (QED) is 0.774. The fourth-order valence-electron chi connectivity index (χ4n) is 1.83. The van der Waals surface area contributed by atoms with Crippen LogP contribution in [0.2, 0.25) is 0 Å². The van der Waals surface area contributed by atoms with E-state index < -0.39 is 0 Å². The van der Waals surface area contributed by atoms with E-state index in [1.807, 2.05) is 30.3 Å². The summed E-state index contributed by atoms with van der Waals surface area (Å²) in [7, 11) is 1.80. The zero-order valence-corrected chi connectivity index (χ0v) is 10.6. The van der Waals surface area contributed by atoms with Crippen LogP contribution in [0, 0.1) is 0 Å². The average Bonchev–Trinajstić information content (AvgIpc) is 2.72. The summed E-state index contributed by atoms with van der Waals surface area (Å²) >= 11 is 0. The molecule has 0 saturated heterocycles. The van der Waals surface area contributed by atoms with Crippen LogP contribution in [0.25, 0.3) is 0 Å². The maximum absolute atomic E-state index is 11.8. The van der Waals surface area contributed by atoms with Crippen molar-refractivity contribution in [2.75, 3.05) is 6.61 Å². The van der Waals surface area contributed by atoms with Crippen molar-refractivity contribution in [1.29, 1.82) is 0 Å². The molecule has 0 fully saturated rings. The molecule has 0 radical (unpaired) electrons. The highest BCUT2D eigenvalue weighted by Gasteiger charge is 2.16. The number of hydrogen-bond acceptors (Lipinski definition) is 3. The maximum atomic E-state index is 11.8. The summed E-state index contributed by atoms with van der Waals surface area (Å²) in [5.74, 6) is -0.309. The van der Waals surface area contributed by atoms with E-state index in [4.69, 9.17) is 4.74 Å². The van der Waals surface area contributed by atoms with E-state index in [0.717, 1.165) is 11.3 Å². The van der Waals surface area contributed by atoms with E-state index in [2.05, 4.69) is 5.10 Å². The molecule has 18 heavy (non-hydrogen) atoms. The van der Waals surface area contributed by atoms with Crippen molar-refractivity contribution in [3.05, 3.63) is 53.3 Å². The van der Waals surface area contributed by atoms with Crippen LogP contribution in [0.15, 0.2) is 36.5 Å². The van der Waals surface area contributed by atoms with Gasteiger partial charge in [-0.1, -0.05) is 30.3 Å². The van der Waals surface area contributed by atoms with Gasteiger partial charge in [-0.3, -0.25) is 4.68 Å². The Balaban J connectivity index is 2.25. The van der Waals surface area contributed by atoms with Gasteiger partial charge in [-0.15, -0.1) is 0 Å². The first-order valence-electron chi connectivity index (χ1n) is 5.94. The molecule has 4 heteroatoms. The Morgan fingerprint density at radius 2 is 2.06 bits per heavy atom. The third-order valence-electron chi connectivity index (χ3n) is 2.62. The monoisotopic (exact) mass is 244 g/mol. The summed E-state index contributed by atoms with van der Waals surface area (Å²) in [4.78, 5) is 11.8. The second-order valence-corrected chi connectivity index (χ2v) is 4.05. The third kappa shape index (κ3) is 2.77. The van der Waals surface area contributed by atoms with Crippen LogP contribution in [0.1, 0.15) is 28.5 Å². The molecule has 94 valence electrons. The number of rotatable bonds is 4. The minimum absolute atomic E-state index is 0.309. The van der Waals surface area contributed by atoms with Gasteiger partial charge in [0.25, 0.3) is 0 Å². The first-order valence-corrected chi connectivity index (χ1v) is 5.94. The number of ether oxygens (including phenoxy) is 1. The van der Waals surface area contributed by atoms with Crippen molar-refractivity contribution < 1.29 is 9.53 Å². The normalized spacial score (nSPS) is 10.3. The Morgan fingerprint density at radius 1 is 1.33 bits per heavy atom. The van der Waals surface area contributed by atoms with Crippen molar-refractivity contribution in [2.45, 2.75) is 13.3 Å². The zero-order chi connectivity index (χ0) is 13.0. The van der Waals surface area contributed by atoms with E-state index in [1.165, 1.54) is 0 Å². The first kappa shape index (κ1) is 12.4. The molecule has 0 unspecified atom stereocenters. The average molecular weight is 244 g/mol. The van der Waals surface area contributed by atoms with Crippen LogP contribution in [0.4, 0.5) is 0 Å². The van der Waals surface area contributed by atoms with Gasteiger partial charge in [0.1, 0.15) is 5.56 Å². The van der Waals surface area contributed by atoms with Gasteiger partial charge in [0.2, 0.25) is 0 Å². The maximum Gasteiger partial charge on any atom is 0.341 e. The molecule has 0 aliphatic carbocycles. The highest BCUT2D eigenvalue weighted by Crippen LogP contribution is 2.13. The van der Waals surface area contributed by atoms with Gasteiger partial charge >= 0.3 is 5.97 Å². The number of hydrogen-bond donors (Lipinski definition) is 0. The van der Waals surface area contributed by atoms with Crippen molar-refractivity contribution in [3.63, 3.8) is 0 Å². The fraction of sp³-hybridized carbons (Fsp3) is 0.286. The van der Waals surface area contributed by atoms with Crippen molar-refractivity contribution in [3.8, 4) is 0 Å². The smallest absolute Gasteiger partial charge is 0.341 e. The predicted molar refractivity (Wildman–Crippen MR) is 68.4 cm³/mol. The van der Waals surface area contributed by atoms with Gasteiger partial charge in [0.15, 0.2) is 0 Å². The molecule has 1 aromatic heterocycles. The summed E-state index contributed by atoms with van der Waals surface area (Å²) in [6.45, 7) is 2.17. The topological polar surface area (TPSA) is 44.1 Å². The fourth-order valence-corrected chi connectivity index (χ4v) is 1.83. The van der Waals surface area contributed by atoms with E-state index in [1.54, 1.807) is 24.9 Å². The van der Waals surface area contributed by atoms with E-state index in [0.29, 0.717) is 18.6 Å². The second-order valence-electron chi connectivity index (χ2n) is 4.05. The minimum atomic E-state index is -0.309. The highest BCUT2D eigenvalue weighted by atomic mass is 16.5. The molecule has 0 amide bonds. The molecule has 0 N–H and O–H groups in total.